The highest BCUT2D eigenvalue weighted by molar-refractivity contribution is 8.25. The summed E-state index contributed by atoms with van der Waals surface area (Å²) in [6.07, 6.45) is 0. The van der Waals surface area contributed by atoms with E-state index in [1.165, 1.54) is 40.2 Å². The van der Waals surface area contributed by atoms with Gasteiger partial charge in [-0.2, -0.15) is 0 Å². The third-order valence-corrected chi connectivity index (χ3v) is 8.44. The molecule has 0 aromatic rings. The molecule has 3 heterocycles. The van der Waals surface area contributed by atoms with Gasteiger partial charge in [-0.05, 0) is 13.8 Å². The molecule has 0 spiro atoms. The number of aliphatic carboxylic acids is 2. The molecule has 3 atom stereocenters. The minimum absolute atomic E-state index is 0.351. The lowest BCUT2D eigenvalue weighted by atomic mass is 9.96. The monoisotopic (exact) mass is 404 g/mol. The second kappa shape index (κ2) is 6.44. The van der Waals surface area contributed by atoms with Gasteiger partial charge in [0.2, 0.25) is 5.91 Å². The van der Waals surface area contributed by atoms with E-state index in [1.807, 2.05) is 0 Å². The van der Waals surface area contributed by atoms with Crippen LogP contribution in [0.2, 0.25) is 0 Å². The molecule has 0 aliphatic carbocycles. The van der Waals surface area contributed by atoms with Crippen molar-refractivity contribution in [1.82, 2.24) is 10.2 Å². The van der Waals surface area contributed by atoms with Gasteiger partial charge in [0, 0.05) is 16.3 Å². The molecule has 25 heavy (non-hydrogen) atoms. The van der Waals surface area contributed by atoms with Crippen molar-refractivity contribution >= 4 is 59.0 Å². The second-order valence-corrected chi connectivity index (χ2v) is 10.5. The van der Waals surface area contributed by atoms with Crippen molar-refractivity contribution in [2.75, 3.05) is 11.5 Å². The van der Waals surface area contributed by atoms with E-state index in [2.05, 4.69) is 5.32 Å². The fourth-order valence-corrected chi connectivity index (χ4v) is 7.24. The first-order valence-corrected chi connectivity index (χ1v) is 10.3. The number of carbonyl (C=O) groups is 4. The number of β-lactam (4-membered cyclic amide) rings is 1. The largest absolute Gasteiger partial charge is 0.480 e. The summed E-state index contributed by atoms with van der Waals surface area (Å²) in [4.78, 5) is 48.9. The smallest absolute Gasteiger partial charge is 0.343 e. The number of amides is 2. The molecule has 8 nitrogen and oxygen atoms in total. The van der Waals surface area contributed by atoms with Crippen LogP contribution in [0.15, 0.2) is 9.81 Å². The van der Waals surface area contributed by atoms with Gasteiger partial charge in [0.1, 0.15) is 23.0 Å². The Balaban J connectivity index is 1.78. The van der Waals surface area contributed by atoms with Gasteiger partial charge in [-0.1, -0.05) is 0 Å². The number of hydrogen-bond donors (Lipinski definition) is 3. The molecule has 3 saturated heterocycles. The van der Waals surface area contributed by atoms with E-state index in [0.29, 0.717) is 4.24 Å². The molecule has 0 aromatic heterocycles. The lowest BCUT2D eigenvalue weighted by Crippen LogP contribution is -2.70. The van der Waals surface area contributed by atoms with Crippen LogP contribution in [-0.2, 0) is 19.2 Å². The number of carboxylic acids is 2. The predicted octanol–water partition coefficient (Wildman–Crippen LogP) is 0.394. The zero-order valence-corrected chi connectivity index (χ0v) is 15.8. The molecule has 1 unspecified atom stereocenters. The van der Waals surface area contributed by atoms with Crippen LogP contribution < -0.4 is 5.32 Å². The van der Waals surface area contributed by atoms with Crippen LogP contribution in [0.25, 0.3) is 0 Å². The first-order chi connectivity index (χ1) is 11.6. The topological polar surface area (TPSA) is 124 Å². The molecule has 3 fully saturated rings. The van der Waals surface area contributed by atoms with Crippen molar-refractivity contribution < 1.29 is 29.4 Å². The van der Waals surface area contributed by atoms with Gasteiger partial charge in [-0.15, -0.1) is 35.3 Å². The zero-order valence-electron chi connectivity index (χ0n) is 13.3. The van der Waals surface area contributed by atoms with Crippen LogP contribution in [-0.4, -0.2) is 72.6 Å². The highest BCUT2D eigenvalue weighted by Gasteiger charge is 2.64. The highest BCUT2D eigenvalue weighted by atomic mass is 32.2. The number of nitrogens with one attached hydrogen (secondary N) is 1. The Morgan fingerprint density at radius 3 is 2.32 bits per heavy atom. The third kappa shape index (κ3) is 3.02. The molecular weight excluding hydrogens is 388 g/mol. The molecule has 2 amide bonds. The number of fused-ring (bicyclic) bond motifs is 1. The minimum atomic E-state index is -1.33. The van der Waals surface area contributed by atoms with Crippen molar-refractivity contribution in [2.24, 2.45) is 0 Å². The molecule has 136 valence electrons. The Morgan fingerprint density at radius 2 is 1.80 bits per heavy atom. The highest BCUT2D eigenvalue weighted by Crippen LogP contribution is 2.50. The van der Waals surface area contributed by atoms with Crippen molar-refractivity contribution in [3.8, 4) is 0 Å². The maximum atomic E-state index is 12.4. The lowest BCUT2D eigenvalue weighted by molar-refractivity contribution is -0.161. The van der Waals surface area contributed by atoms with Crippen molar-refractivity contribution in [3.05, 3.63) is 9.81 Å². The minimum Gasteiger partial charge on any atom is -0.480 e. The zero-order chi connectivity index (χ0) is 18.5. The molecule has 3 aliphatic heterocycles. The van der Waals surface area contributed by atoms with Gasteiger partial charge in [0.25, 0.3) is 5.91 Å². The molecule has 3 N–H and O–H groups in total. The van der Waals surface area contributed by atoms with E-state index in [-0.39, 0.29) is 5.57 Å². The summed E-state index contributed by atoms with van der Waals surface area (Å²) in [5.41, 5.74) is -0.351. The maximum absolute atomic E-state index is 12.4. The molecular formula is C14H16N2O6S3. The van der Waals surface area contributed by atoms with E-state index in [0.717, 1.165) is 11.5 Å². The number of carbonyl (C=O) groups excluding carboxylic acids is 2. The number of hydrogen-bond acceptors (Lipinski definition) is 7. The van der Waals surface area contributed by atoms with Gasteiger partial charge in [-0.25, -0.2) is 9.59 Å². The number of thioether (sulfide) groups is 3. The van der Waals surface area contributed by atoms with Crippen LogP contribution in [0, 0.1) is 0 Å². The Bertz CT molecular complexity index is 699. The maximum Gasteiger partial charge on any atom is 0.343 e. The summed E-state index contributed by atoms with van der Waals surface area (Å²) in [6.45, 7) is 3.47. The third-order valence-electron chi connectivity index (χ3n) is 4.16. The van der Waals surface area contributed by atoms with Crippen molar-refractivity contribution in [1.29, 1.82) is 0 Å². The van der Waals surface area contributed by atoms with Crippen LogP contribution in [0.3, 0.4) is 0 Å². The van der Waals surface area contributed by atoms with Crippen molar-refractivity contribution in [3.63, 3.8) is 0 Å². The number of rotatable bonds is 4. The summed E-state index contributed by atoms with van der Waals surface area (Å²) in [5.74, 6) is -2.27. The molecule has 3 aliphatic rings. The standard InChI is InChI=1S/C14H16N2O6S3/c1-14(2)7(12(21)22)16-9(18)6(10(16)25-14)15-8(17)5(11(19)20)13-23-3-4-24-13/h6-7,10H,3-4H2,1-2H3,(H,15,17)(H,19,20)(H,21,22)/t6-,7?,10-/m1/s1. The number of nitrogens with zero attached hydrogens (tertiary/aromatic N) is 1. The summed E-state index contributed by atoms with van der Waals surface area (Å²) < 4.78 is -0.256. The predicted molar refractivity (Wildman–Crippen MR) is 95.2 cm³/mol. The van der Waals surface area contributed by atoms with E-state index < -0.39 is 46.0 Å². The SMILES string of the molecule is CC1(C)S[C@@H]2[C@H](NC(=O)C(C(=O)O)=C3SCCS3)C(=O)N2C1C(=O)O. The lowest BCUT2D eigenvalue weighted by Gasteiger charge is -2.43. The molecule has 3 rings (SSSR count). The summed E-state index contributed by atoms with van der Waals surface area (Å²) in [5, 5.41) is 20.7. The summed E-state index contributed by atoms with van der Waals surface area (Å²) in [7, 11) is 0. The van der Waals surface area contributed by atoms with Gasteiger partial charge >= 0.3 is 11.9 Å². The van der Waals surface area contributed by atoms with Gasteiger partial charge in [0.15, 0.2) is 0 Å². The van der Waals surface area contributed by atoms with E-state index in [4.69, 9.17) is 0 Å². The van der Waals surface area contributed by atoms with Crippen LogP contribution in [0.4, 0.5) is 0 Å². The normalized spacial score (nSPS) is 29.8. The van der Waals surface area contributed by atoms with E-state index >= 15 is 0 Å². The Hall–Kier alpha value is -1.33. The van der Waals surface area contributed by atoms with Crippen LogP contribution >= 0.6 is 35.3 Å². The Morgan fingerprint density at radius 1 is 1.20 bits per heavy atom. The van der Waals surface area contributed by atoms with Gasteiger partial charge in [-0.3, -0.25) is 9.59 Å². The summed E-state index contributed by atoms with van der Waals surface area (Å²) >= 11 is 3.91. The fraction of sp³-hybridized carbons (Fsp3) is 0.571. The summed E-state index contributed by atoms with van der Waals surface area (Å²) in [6, 6.07) is -1.88. The Kier molecular flexibility index (Phi) is 4.75. The van der Waals surface area contributed by atoms with E-state index in [1.54, 1.807) is 13.8 Å². The first kappa shape index (κ1) is 18.5. The number of carboxylic acid groups (broad SMARTS) is 2. The molecule has 11 heteroatoms. The Labute approximate surface area is 156 Å². The van der Waals surface area contributed by atoms with E-state index in [9.17, 15) is 29.4 Å². The van der Waals surface area contributed by atoms with Crippen LogP contribution in [0.1, 0.15) is 13.8 Å². The van der Waals surface area contributed by atoms with Crippen LogP contribution in [0.5, 0.6) is 0 Å². The first-order valence-electron chi connectivity index (χ1n) is 7.42. The average molecular weight is 404 g/mol. The quantitative estimate of drug-likeness (QED) is 0.264. The molecule has 0 radical (unpaired) electrons. The molecule has 0 bridgehead atoms. The van der Waals surface area contributed by atoms with Gasteiger partial charge in [0.05, 0.1) is 4.24 Å². The molecule has 0 saturated carbocycles. The van der Waals surface area contributed by atoms with Crippen molar-refractivity contribution in [2.45, 2.75) is 36.1 Å². The second-order valence-electron chi connectivity index (χ2n) is 6.21. The molecule has 0 aromatic carbocycles. The van der Waals surface area contributed by atoms with Gasteiger partial charge < -0.3 is 20.4 Å². The fourth-order valence-electron chi connectivity index (χ4n) is 3.09. The average Bonchev–Trinajstić information content (AvgIpc) is 3.09.